The first kappa shape index (κ1) is 23.2. The van der Waals surface area contributed by atoms with E-state index in [1.807, 2.05) is 49.4 Å². The fraction of sp³-hybridized carbons (Fsp3) is 0.280. The van der Waals surface area contributed by atoms with Gasteiger partial charge in [0.25, 0.3) is 11.8 Å². The minimum atomic E-state index is -0.357. The maximum absolute atomic E-state index is 13.5. The SMILES string of the molecule is CCCCCN1C(=O)/C(=C2/C(=O)N(CC(=O)Nc3ccc(C)cc3)c3ccccc32)SC1=S. The van der Waals surface area contributed by atoms with E-state index in [2.05, 4.69) is 12.2 Å². The van der Waals surface area contributed by atoms with Crippen molar-refractivity contribution in [1.82, 2.24) is 4.90 Å². The minimum Gasteiger partial charge on any atom is -0.325 e. The number of hydrogen-bond donors (Lipinski definition) is 1. The van der Waals surface area contributed by atoms with E-state index < -0.39 is 0 Å². The highest BCUT2D eigenvalue weighted by molar-refractivity contribution is 8.26. The van der Waals surface area contributed by atoms with Gasteiger partial charge in [0.05, 0.1) is 16.2 Å². The molecule has 2 aromatic rings. The Bertz CT molecular complexity index is 1160. The zero-order chi connectivity index (χ0) is 23.5. The molecule has 2 aliphatic rings. The molecule has 0 saturated carbocycles. The van der Waals surface area contributed by atoms with E-state index >= 15 is 0 Å². The Balaban J connectivity index is 1.59. The first-order valence-corrected chi connectivity index (χ1v) is 12.2. The number of benzene rings is 2. The van der Waals surface area contributed by atoms with Gasteiger partial charge in [0, 0.05) is 17.8 Å². The molecule has 2 heterocycles. The largest absolute Gasteiger partial charge is 0.325 e. The number of para-hydroxylation sites is 1. The van der Waals surface area contributed by atoms with Gasteiger partial charge in [0.15, 0.2) is 0 Å². The smallest absolute Gasteiger partial charge is 0.267 e. The van der Waals surface area contributed by atoms with Crippen molar-refractivity contribution in [2.45, 2.75) is 33.1 Å². The van der Waals surface area contributed by atoms with Crippen LogP contribution in [0.2, 0.25) is 0 Å². The highest BCUT2D eigenvalue weighted by Gasteiger charge is 2.42. The minimum absolute atomic E-state index is 0.149. The monoisotopic (exact) mass is 479 g/mol. The molecule has 0 aliphatic carbocycles. The number of aryl methyl sites for hydroxylation is 1. The van der Waals surface area contributed by atoms with E-state index in [0.717, 1.165) is 24.8 Å². The number of carbonyl (C=O) groups excluding carboxylic acids is 3. The Hall–Kier alpha value is -2.97. The predicted molar refractivity (Wildman–Crippen MR) is 137 cm³/mol. The second kappa shape index (κ2) is 9.89. The van der Waals surface area contributed by atoms with Crippen LogP contribution in [0.4, 0.5) is 11.4 Å². The van der Waals surface area contributed by atoms with Gasteiger partial charge in [-0.2, -0.15) is 0 Å². The van der Waals surface area contributed by atoms with Crippen LogP contribution in [-0.2, 0) is 14.4 Å². The molecule has 2 aliphatic heterocycles. The Morgan fingerprint density at radius 2 is 1.73 bits per heavy atom. The fourth-order valence-corrected chi connectivity index (χ4v) is 5.28. The third-order valence-electron chi connectivity index (χ3n) is 5.62. The maximum Gasteiger partial charge on any atom is 0.267 e. The summed E-state index contributed by atoms with van der Waals surface area (Å²) < 4.78 is 0.472. The molecule has 4 rings (SSSR count). The summed E-state index contributed by atoms with van der Waals surface area (Å²) in [6.07, 6.45) is 2.91. The lowest BCUT2D eigenvalue weighted by Crippen LogP contribution is -2.35. The lowest BCUT2D eigenvalue weighted by Gasteiger charge is -2.17. The average Bonchev–Trinajstić information content (AvgIpc) is 3.23. The number of thiocarbonyl (C=S) groups is 1. The number of fused-ring (bicyclic) bond motifs is 1. The van der Waals surface area contributed by atoms with Crippen molar-refractivity contribution in [2.24, 2.45) is 0 Å². The Labute approximate surface area is 203 Å². The summed E-state index contributed by atoms with van der Waals surface area (Å²) in [5.41, 5.74) is 3.35. The third kappa shape index (κ3) is 4.72. The zero-order valence-corrected chi connectivity index (χ0v) is 20.2. The number of amides is 3. The van der Waals surface area contributed by atoms with Crippen LogP contribution in [-0.4, -0.2) is 40.0 Å². The van der Waals surface area contributed by atoms with Crippen molar-refractivity contribution < 1.29 is 14.4 Å². The molecule has 2 aromatic carbocycles. The maximum atomic E-state index is 13.5. The zero-order valence-electron chi connectivity index (χ0n) is 18.6. The van der Waals surface area contributed by atoms with Gasteiger partial charge in [0.1, 0.15) is 10.9 Å². The van der Waals surface area contributed by atoms with Crippen LogP contribution < -0.4 is 10.2 Å². The molecule has 1 N–H and O–H groups in total. The van der Waals surface area contributed by atoms with Gasteiger partial charge in [0.2, 0.25) is 5.91 Å². The Kier molecular flexibility index (Phi) is 6.95. The van der Waals surface area contributed by atoms with E-state index in [1.165, 1.54) is 16.7 Å². The number of anilines is 2. The number of hydrogen-bond acceptors (Lipinski definition) is 5. The molecule has 1 saturated heterocycles. The van der Waals surface area contributed by atoms with Gasteiger partial charge >= 0.3 is 0 Å². The second-order valence-electron chi connectivity index (χ2n) is 8.06. The van der Waals surface area contributed by atoms with Crippen LogP contribution in [0.3, 0.4) is 0 Å². The van der Waals surface area contributed by atoms with E-state index in [4.69, 9.17) is 12.2 Å². The van der Waals surface area contributed by atoms with Crippen molar-refractivity contribution >= 4 is 63.0 Å². The quantitative estimate of drug-likeness (QED) is 0.353. The highest BCUT2D eigenvalue weighted by Crippen LogP contribution is 2.44. The summed E-state index contributed by atoms with van der Waals surface area (Å²) >= 11 is 6.61. The predicted octanol–water partition coefficient (Wildman–Crippen LogP) is 4.74. The van der Waals surface area contributed by atoms with Gasteiger partial charge in [-0.15, -0.1) is 0 Å². The van der Waals surface area contributed by atoms with Crippen LogP contribution in [0, 0.1) is 6.92 Å². The summed E-state index contributed by atoms with van der Waals surface area (Å²) in [5.74, 6) is -0.898. The fourth-order valence-electron chi connectivity index (χ4n) is 3.90. The summed E-state index contributed by atoms with van der Waals surface area (Å²) in [6, 6.07) is 14.7. The molecule has 0 bridgehead atoms. The number of rotatable bonds is 7. The van der Waals surface area contributed by atoms with E-state index in [9.17, 15) is 14.4 Å². The number of unbranched alkanes of at least 4 members (excludes halogenated alkanes) is 2. The summed E-state index contributed by atoms with van der Waals surface area (Å²) in [6.45, 7) is 4.47. The first-order valence-electron chi connectivity index (χ1n) is 11.0. The van der Waals surface area contributed by atoms with Gasteiger partial charge < -0.3 is 5.32 Å². The summed E-state index contributed by atoms with van der Waals surface area (Å²) in [4.78, 5) is 42.7. The third-order valence-corrected chi connectivity index (χ3v) is 7.07. The van der Waals surface area contributed by atoms with Crippen molar-refractivity contribution in [3.05, 3.63) is 64.6 Å². The van der Waals surface area contributed by atoms with E-state index in [0.29, 0.717) is 38.3 Å². The molecule has 0 spiro atoms. The standard InChI is InChI=1S/C25H25N3O3S2/c1-3-4-7-14-27-24(31)22(33-25(27)32)21-18-8-5-6-9-19(18)28(23(21)30)15-20(29)26-17-12-10-16(2)11-13-17/h5-6,8-13H,3-4,7,14-15H2,1-2H3,(H,26,29)/b22-21-. The average molecular weight is 480 g/mol. The molecular weight excluding hydrogens is 454 g/mol. The molecule has 0 aromatic heterocycles. The van der Waals surface area contributed by atoms with Crippen molar-refractivity contribution in [3.63, 3.8) is 0 Å². The Morgan fingerprint density at radius 1 is 1.00 bits per heavy atom. The molecule has 6 nitrogen and oxygen atoms in total. The van der Waals surface area contributed by atoms with Crippen LogP contribution in [0.1, 0.15) is 37.3 Å². The van der Waals surface area contributed by atoms with Crippen LogP contribution in [0.15, 0.2) is 53.4 Å². The highest BCUT2D eigenvalue weighted by atomic mass is 32.2. The molecule has 1 fully saturated rings. The van der Waals surface area contributed by atoms with Gasteiger partial charge in [-0.25, -0.2) is 0 Å². The molecular formula is C25H25N3O3S2. The normalized spacial score (nSPS) is 17.7. The molecule has 33 heavy (non-hydrogen) atoms. The molecule has 3 amide bonds. The molecule has 170 valence electrons. The van der Waals surface area contributed by atoms with Gasteiger partial charge in [-0.3, -0.25) is 24.2 Å². The number of carbonyl (C=O) groups is 3. The molecule has 0 unspecified atom stereocenters. The van der Waals surface area contributed by atoms with E-state index in [1.54, 1.807) is 11.0 Å². The molecule has 8 heteroatoms. The van der Waals surface area contributed by atoms with Crippen molar-refractivity contribution in [2.75, 3.05) is 23.3 Å². The topological polar surface area (TPSA) is 69.7 Å². The number of nitrogens with one attached hydrogen (secondary N) is 1. The Morgan fingerprint density at radius 3 is 2.45 bits per heavy atom. The van der Waals surface area contributed by atoms with Gasteiger partial charge in [-0.05, 0) is 31.5 Å². The lowest BCUT2D eigenvalue weighted by molar-refractivity contribution is -0.122. The summed E-state index contributed by atoms with van der Waals surface area (Å²) in [7, 11) is 0. The van der Waals surface area contributed by atoms with Crippen LogP contribution in [0.25, 0.3) is 5.57 Å². The second-order valence-corrected chi connectivity index (χ2v) is 9.70. The van der Waals surface area contributed by atoms with Gasteiger partial charge in [-0.1, -0.05) is 79.6 Å². The summed E-state index contributed by atoms with van der Waals surface area (Å²) in [5, 5.41) is 2.83. The van der Waals surface area contributed by atoms with Crippen molar-refractivity contribution in [1.29, 1.82) is 0 Å². The number of thioether (sulfide) groups is 1. The molecule has 0 atom stereocenters. The lowest BCUT2D eigenvalue weighted by atomic mass is 10.1. The molecule has 0 radical (unpaired) electrons. The first-order chi connectivity index (χ1) is 15.9. The number of nitrogens with zero attached hydrogens (tertiary/aromatic N) is 2. The van der Waals surface area contributed by atoms with Crippen LogP contribution >= 0.6 is 24.0 Å². The van der Waals surface area contributed by atoms with E-state index in [-0.39, 0.29) is 24.3 Å². The van der Waals surface area contributed by atoms with Crippen molar-refractivity contribution in [3.8, 4) is 0 Å². The van der Waals surface area contributed by atoms with Crippen LogP contribution in [0.5, 0.6) is 0 Å².